The second kappa shape index (κ2) is 7.44. The van der Waals surface area contributed by atoms with Crippen molar-refractivity contribution < 1.29 is 13.9 Å². The maximum absolute atomic E-state index is 13.5. The number of hydrogen-bond acceptors (Lipinski definition) is 2. The molecule has 0 aliphatic carbocycles. The van der Waals surface area contributed by atoms with Crippen LogP contribution in [0.1, 0.15) is 38.3 Å². The second-order valence-electron chi connectivity index (χ2n) is 4.77. The summed E-state index contributed by atoms with van der Waals surface area (Å²) in [6, 6.07) is 3.28. The molecule has 2 nitrogen and oxygen atoms in total. The Balaban J connectivity index is 2.40. The van der Waals surface area contributed by atoms with E-state index in [4.69, 9.17) is 5.11 Å². The lowest BCUT2D eigenvalue weighted by Gasteiger charge is -2.16. The van der Waals surface area contributed by atoms with Crippen molar-refractivity contribution in [2.75, 3.05) is 13.2 Å². The Bertz CT molecular complexity index is 371. The number of hydrogen-bond donors (Lipinski definition) is 2. The van der Waals surface area contributed by atoms with E-state index in [-0.39, 0.29) is 24.4 Å². The van der Waals surface area contributed by atoms with Gasteiger partial charge in [-0.3, -0.25) is 0 Å². The van der Waals surface area contributed by atoms with Crippen LogP contribution >= 0.6 is 0 Å². The lowest BCUT2D eigenvalue weighted by Crippen LogP contribution is -2.21. The standard InChI is InChI=1S/C14H21F2NO/c1-10(9-18)4-3-7-17-11(2)13-8-12(15)5-6-14(13)16/h5-6,8,10-11,17-18H,3-4,7,9H2,1-2H3. The zero-order valence-corrected chi connectivity index (χ0v) is 10.9. The molecule has 0 amide bonds. The van der Waals surface area contributed by atoms with Gasteiger partial charge in [0.15, 0.2) is 0 Å². The number of benzene rings is 1. The maximum Gasteiger partial charge on any atom is 0.128 e. The molecule has 2 N–H and O–H groups in total. The number of aliphatic hydroxyl groups excluding tert-OH is 1. The van der Waals surface area contributed by atoms with Gasteiger partial charge in [0.1, 0.15) is 11.6 Å². The third kappa shape index (κ3) is 4.70. The molecule has 0 heterocycles. The summed E-state index contributed by atoms with van der Waals surface area (Å²) in [4.78, 5) is 0. The quantitative estimate of drug-likeness (QED) is 0.736. The van der Waals surface area contributed by atoms with E-state index in [0.29, 0.717) is 5.56 Å². The summed E-state index contributed by atoms with van der Waals surface area (Å²) >= 11 is 0. The fraction of sp³-hybridized carbons (Fsp3) is 0.571. The van der Waals surface area contributed by atoms with Crippen molar-refractivity contribution in [1.82, 2.24) is 5.32 Å². The van der Waals surface area contributed by atoms with Crippen LogP contribution in [-0.2, 0) is 0 Å². The van der Waals surface area contributed by atoms with Crippen LogP contribution in [-0.4, -0.2) is 18.3 Å². The number of halogens is 2. The van der Waals surface area contributed by atoms with Gasteiger partial charge in [-0.25, -0.2) is 8.78 Å². The molecule has 0 aliphatic heterocycles. The summed E-state index contributed by atoms with van der Waals surface area (Å²) in [6.45, 7) is 4.71. The van der Waals surface area contributed by atoms with Gasteiger partial charge < -0.3 is 10.4 Å². The molecular formula is C14H21F2NO. The third-order valence-corrected chi connectivity index (χ3v) is 3.06. The van der Waals surface area contributed by atoms with E-state index >= 15 is 0 Å². The molecule has 1 aromatic rings. The van der Waals surface area contributed by atoms with Gasteiger partial charge in [0.05, 0.1) is 0 Å². The van der Waals surface area contributed by atoms with E-state index in [9.17, 15) is 8.78 Å². The maximum atomic E-state index is 13.5. The van der Waals surface area contributed by atoms with E-state index in [1.54, 1.807) is 0 Å². The molecule has 0 saturated carbocycles. The van der Waals surface area contributed by atoms with Gasteiger partial charge in [-0.1, -0.05) is 6.92 Å². The number of aliphatic hydroxyl groups is 1. The average molecular weight is 257 g/mol. The highest BCUT2D eigenvalue weighted by atomic mass is 19.1. The molecule has 2 atom stereocenters. The molecule has 0 radical (unpaired) electrons. The normalized spacial score (nSPS) is 14.5. The van der Waals surface area contributed by atoms with Crippen molar-refractivity contribution in [1.29, 1.82) is 0 Å². The van der Waals surface area contributed by atoms with E-state index < -0.39 is 5.82 Å². The van der Waals surface area contributed by atoms with Crippen molar-refractivity contribution in [2.45, 2.75) is 32.7 Å². The van der Waals surface area contributed by atoms with Crippen molar-refractivity contribution in [3.8, 4) is 0 Å². The number of rotatable bonds is 7. The summed E-state index contributed by atoms with van der Waals surface area (Å²) in [5.74, 6) is -0.526. The molecule has 2 unspecified atom stereocenters. The molecule has 18 heavy (non-hydrogen) atoms. The highest BCUT2D eigenvalue weighted by molar-refractivity contribution is 5.21. The first-order chi connectivity index (χ1) is 8.54. The van der Waals surface area contributed by atoms with Gasteiger partial charge in [0, 0.05) is 18.2 Å². The Morgan fingerprint density at radius 2 is 2.00 bits per heavy atom. The van der Waals surface area contributed by atoms with Crippen LogP contribution in [0.4, 0.5) is 8.78 Å². The van der Waals surface area contributed by atoms with Crippen LogP contribution in [0, 0.1) is 17.6 Å². The molecular weight excluding hydrogens is 236 g/mol. The SMILES string of the molecule is CC(CO)CCCNC(C)c1cc(F)ccc1F. The molecule has 0 fully saturated rings. The van der Waals surface area contributed by atoms with Crippen molar-refractivity contribution >= 4 is 0 Å². The average Bonchev–Trinajstić information content (AvgIpc) is 2.36. The summed E-state index contributed by atoms with van der Waals surface area (Å²) in [6.07, 6.45) is 1.82. The molecule has 0 spiro atoms. The van der Waals surface area contributed by atoms with Crippen LogP contribution in [0.15, 0.2) is 18.2 Å². The first-order valence-electron chi connectivity index (χ1n) is 6.33. The fourth-order valence-corrected chi connectivity index (χ4v) is 1.82. The van der Waals surface area contributed by atoms with E-state index in [1.807, 2.05) is 13.8 Å². The Morgan fingerprint density at radius 3 is 2.67 bits per heavy atom. The minimum atomic E-state index is -0.422. The molecule has 102 valence electrons. The fourth-order valence-electron chi connectivity index (χ4n) is 1.82. The zero-order chi connectivity index (χ0) is 13.5. The van der Waals surface area contributed by atoms with Crippen LogP contribution < -0.4 is 5.32 Å². The predicted molar refractivity (Wildman–Crippen MR) is 68.3 cm³/mol. The summed E-state index contributed by atoms with van der Waals surface area (Å²) in [7, 11) is 0. The monoisotopic (exact) mass is 257 g/mol. The molecule has 1 rings (SSSR count). The highest BCUT2D eigenvalue weighted by Crippen LogP contribution is 2.18. The van der Waals surface area contributed by atoms with Gasteiger partial charge in [-0.2, -0.15) is 0 Å². The van der Waals surface area contributed by atoms with E-state index in [2.05, 4.69) is 5.32 Å². The van der Waals surface area contributed by atoms with E-state index in [0.717, 1.165) is 31.5 Å². The first kappa shape index (κ1) is 15.1. The van der Waals surface area contributed by atoms with Crippen molar-refractivity contribution in [3.05, 3.63) is 35.4 Å². The van der Waals surface area contributed by atoms with Gasteiger partial charge >= 0.3 is 0 Å². The minimum Gasteiger partial charge on any atom is -0.396 e. The highest BCUT2D eigenvalue weighted by Gasteiger charge is 2.11. The Morgan fingerprint density at radius 1 is 1.28 bits per heavy atom. The largest absolute Gasteiger partial charge is 0.396 e. The Hall–Kier alpha value is -1.00. The topological polar surface area (TPSA) is 32.3 Å². The van der Waals surface area contributed by atoms with Crippen LogP contribution in [0.25, 0.3) is 0 Å². The summed E-state index contributed by atoms with van der Waals surface area (Å²) in [5.41, 5.74) is 0.352. The van der Waals surface area contributed by atoms with Gasteiger partial charge in [-0.05, 0) is 50.4 Å². The summed E-state index contributed by atoms with van der Waals surface area (Å²) < 4.78 is 26.5. The Labute approximate surface area is 107 Å². The van der Waals surface area contributed by atoms with Crippen LogP contribution in [0.2, 0.25) is 0 Å². The summed E-state index contributed by atoms with van der Waals surface area (Å²) in [5, 5.41) is 12.0. The van der Waals surface area contributed by atoms with Crippen LogP contribution in [0.5, 0.6) is 0 Å². The lowest BCUT2D eigenvalue weighted by atomic mass is 10.1. The van der Waals surface area contributed by atoms with Crippen molar-refractivity contribution in [3.63, 3.8) is 0 Å². The smallest absolute Gasteiger partial charge is 0.128 e. The van der Waals surface area contributed by atoms with Gasteiger partial charge in [0.2, 0.25) is 0 Å². The lowest BCUT2D eigenvalue weighted by molar-refractivity contribution is 0.227. The van der Waals surface area contributed by atoms with E-state index in [1.165, 1.54) is 6.07 Å². The van der Waals surface area contributed by atoms with Crippen LogP contribution in [0.3, 0.4) is 0 Å². The third-order valence-electron chi connectivity index (χ3n) is 3.06. The van der Waals surface area contributed by atoms with Crippen molar-refractivity contribution in [2.24, 2.45) is 5.92 Å². The molecule has 0 saturated heterocycles. The van der Waals surface area contributed by atoms with Gasteiger partial charge in [-0.15, -0.1) is 0 Å². The molecule has 0 bridgehead atoms. The predicted octanol–water partition coefficient (Wildman–Crippen LogP) is 3.02. The van der Waals surface area contributed by atoms with Gasteiger partial charge in [0.25, 0.3) is 0 Å². The second-order valence-corrected chi connectivity index (χ2v) is 4.77. The zero-order valence-electron chi connectivity index (χ0n) is 10.9. The minimum absolute atomic E-state index is 0.189. The molecule has 1 aromatic carbocycles. The Kier molecular flexibility index (Phi) is 6.22. The molecule has 4 heteroatoms. The first-order valence-corrected chi connectivity index (χ1v) is 6.33. The number of nitrogens with one attached hydrogen (secondary N) is 1. The molecule has 0 aromatic heterocycles. The molecule has 0 aliphatic rings.